The van der Waals surface area contributed by atoms with E-state index in [1.165, 1.54) is 25.7 Å². The summed E-state index contributed by atoms with van der Waals surface area (Å²) in [7, 11) is 0. The Kier molecular flexibility index (Phi) is 4.31. The third-order valence-corrected chi connectivity index (χ3v) is 4.88. The Hall–Kier alpha value is -0.570. The molecule has 3 nitrogen and oxygen atoms in total. The smallest absolute Gasteiger partial charge is 0.240 e. The molecular weight excluding hydrogens is 224 g/mol. The molecule has 0 aromatic carbocycles. The lowest BCUT2D eigenvalue weighted by molar-refractivity contribution is -0.131. The molecule has 2 aliphatic rings. The lowest BCUT2D eigenvalue weighted by atomic mass is 9.96. The van der Waals surface area contributed by atoms with Crippen molar-refractivity contribution in [1.29, 1.82) is 0 Å². The van der Waals surface area contributed by atoms with Gasteiger partial charge in [0.1, 0.15) is 0 Å². The second kappa shape index (κ2) is 5.60. The first-order valence-electron chi connectivity index (χ1n) is 7.57. The fourth-order valence-corrected chi connectivity index (χ4v) is 3.19. The van der Waals surface area contributed by atoms with Crippen molar-refractivity contribution < 1.29 is 4.79 Å². The minimum atomic E-state index is 0.00922. The molecule has 2 rings (SSSR count). The molecule has 0 spiro atoms. The molecule has 0 bridgehead atoms. The van der Waals surface area contributed by atoms with Crippen LogP contribution in [0.5, 0.6) is 0 Å². The number of carbonyl (C=O) groups excluding carboxylic acids is 1. The van der Waals surface area contributed by atoms with E-state index < -0.39 is 0 Å². The Morgan fingerprint density at radius 1 is 1.28 bits per heavy atom. The minimum Gasteiger partial charge on any atom is -0.325 e. The number of nitrogens with zero attached hydrogens (tertiary/aromatic N) is 1. The SMILES string of the molecule is CC1NC(C2CCCC2)N(CC(C)C(C)C)C1=O. The van der Waals surface area contributed by atoms with E-state index in [4.69, 9.17) is 0 Å². The summed E-state index contributed by atoms with van der Waals surface area (Å²) in [5.74, 6) is 2.19. The fraction of sp³-hybridized carbons (Fsp3) is 0.933. The molecule has 18 heavy (non-hydrogen) atoms. The van der Waals surface area contributed by atoms with Crippen molar-refractivity contribution in [2.75, 3.05) is 6.54 Å². The molecule has 1 amide bonds. The molecule has 1 aliphatic carbocycles. The van der Waals surface area contributed by atoms with Crippen LogP contribution < -0.4 is 5.32 Å². The molecule has 1 saturated carbocycles. The van der Waals surface area contributed by atoms with Crippen LogP contribution in [0.2, 0.25) is 0 Å². The van der Waals surface area contributed by atoms with Crippen LogP contribution in [0.25, 0.3) is 0 Å². The van der Waals surface area contributed by atoms with Crippen LogP contribution in [-0.4, -0.2) is 29.6 Å². The summed E-state index contributed by atoms with van der Waals surface area (Å²) in [4.78, 5) is 14.4. The number of nitrogens with one attached hydrogen (secondary N) is 1. The summed E-state index contributed by atoms with van der Waals surface area (Å²) in [6.07, 6.45) is 5.53. The van der Waals surface area contributed by atoms with Crippen LogP contribution >= 0.6 is 0 Å². The second-order valence-electron chi connectivity index (χ2n) is 6.59. The third kappa shape index (κ3) is 2.71. The van der Waals surface area contributed by atoms with Gasteiger partial charge in [0.2, 0.25) is 5.91 Å². The highest BCUT2D eigenvalue weighted by molar-refractivity contribution is 5.84. The van der Waals surface area contributed by atoms with E-state index in [2.05, 4.69) is 31.0 Å². The van der Waals surface area contributed by atoms with Gasteiger partial charge in [-0.2, -0.15) is 0 Å². The van der Waals surface area contributed by atoms with Gasteiger partial charge in [-0.3, -0.25) is 10.1 Å². The molecular formula is C15H28N2O. The zero-order valence-corrected chi connectivity index (χ0v) is 12.3. The average Bonchev–Trinajstić information content (AvgIpc) is 2.92. The van der Waals surface area contributed by atoms with Crippen molar-refractivity contribution >= 4 is 5.91 Å². The Labute approximate surface area is 111 Å². The van der Waals surface area contributed by atoms with Crippen LogP contribution in [0.3, 0.4) is 0 Å². The predicted octanol–water partition coefficient (Wildman–Crippen LogP) is 2.62. The van der Waals surface area contributed by atoms with Crippen LogP contribution in [0.1, 0.15) is 53.4 Å². The molecule has 1 saturated heterocycles. The van der Waals surface area contributed by atoms with Crippen LogP contribution in [0.4, 0.5) is 0 Å². The molecule has 0 aromatic heterocycles. The molecule has 0 radical (unpaired) electrons. The quantitative estimate of drug-likeness (QED) is 0.834. The maximum atomic E-state index is 12.3. The molecule has 3 unspecified atom stereocenters. The van der Waals surface area contributed by atoms with E-state index in [1.54, 1.807) is 0 Å². The summed E-state index contributed by atoms with van der Waals surface area (Å²) in [5, 5.41) is 3.52. The average molecular weight is 252 g/mol. The molecule has 1 N–H and O–H groups in total. The summed E-state index contributed by atoms with van der Waals surface area (Å²) in [5.41, 5.74) is 0. The lowest BCUT2D eigenvalue weighted by Crippen LogP contribution is -2.44. The predicted molar refractivity (Wildman–Crippen MR) is 74.1 cm³/mol. The van der Waals surface area contributed by atoms with Gasteiger partial charge in [0.15, 0.2) is 0 Å². The largest absolute Gasteiger partial charge is 0.325 e. The van der Waals surface area contributed by atoms with Crippen molar-refractivity contribution in [3.63, 3.8) is 0 Å². The molecule has 104 valence electrons. The van der Waals surface area contributed by atoms with Gasteiger partial charge in [-0.1, -0.05) is 33.6 Å². The molecule has 1 aliphatic heterocycles. The van der Waals surface area contributed by atoms with Gasteiger partial charge in [-0.25, -0.2) is 0 Å². The molecule has 2 fully saturated rings. The van der Waals surface area contributed by atoms with Crippen molar-refractivity contribution in [3.8, 4) is 0 Å². The van der Waals surface area contributed by atoms with Gasteiger partial charge in [-0.05, 0) is 37.5 Å². The topological polar surface area (TPSA) is 32.3 Å². The maximum absolute atomic E-state index is 12.3. The highest BCUT2D eigenvalue weighted by atomic mass is 16.2. The number of hydrogen-bond acceptors (Lipinski definition) is 2. The number of amides is 1. The van der Waals surface area contributed by atoms with Gasteiger partial charge >= 0.3 is 0 Å². The maximum Gasteiger partial charge on any atom is 0.240 e. The van der Waals surface area contributed by atoms with Gasteiger partial charge < -0.3 is 4.90 Å². The highest BCUT2D eigenvalue weighted by Crippen LogP contribution is 2.32. The first-order valence-corrected chi connectivity index (χ1v) is 7.57. The zero-order valence-electron chi connectivity index (χ0n) is 12.3. The number of carbonyl (C=O) groups is 1. The standard InChI is InChI=1S/C15H28N2O/c1-10(2)11(3)9-17-14(13-7-5-6-8-13)16-12(4)15(17)18/h10-14,16H,5-9H2,1-4H3. The summed E-state index contributed by atoms with van der Waals surface area (Å²) in [6, 6.07) is 0.00922. The molecule has 1 heterocycles. The third-order valence-electron chi connectivity index (χ3n) is 4.88. The van der Waals surface area contributed by atoms with E-state index >= 15 is 0 Å². The zero-order chi connectivity index (χ0) is 13.3. The number of rotatable bonds is 4. The highest BCUT2D eigenvalue weighted by Gasteiger charge is 2.41. The summed E-state index contributed by atoms with van der Waals surface area (Å²) in [6.45, 7) is 9.66. The first kappa shape index (κ1) is 13.9. The first-order chi connectivity index (χ1) is 8.50. The van der Waals surface area contributed by atoms with Crippen LogP contribution in [0.15, 0.2) is 0 Å². The summed E-state index contributed by atoms with van der Waals surface area (Å²) >= 11 is 0. The summed E-state index contributed by atoms with van der Waals surface area (Å²) < 4.78 is 0. The van der Waals surface area contributed by atoms with Gasteiger partial charge in [0, 0.05) is 6.54 Å². The molecule has 0 aromatic rings. The Morgan fingerprint density at radius 2 is 1.89 bits per heavy atom. The monoisotopic (exact) mass is 252 g/mol. The fourth-order valence-electron chi connectivity index (χ4n) is 3.19. The Morgan fingerprint density at radius 3 is 2.44 bits per heavy atom. The van der Waals surface area contributed by atoms with Crippen molar-refractivity contribution in [2.45, 2.75) is 65.6 Å². The van der Waals surface area contributed by atoms with Crippen molar-refractivity contribution in [1.82, 2.24) is 10.2 Å². The molecule has 3 heteroatoms. The Balaban J connectivity index is 2.05. The van der Waals surface area contributed by atoms with Crippen molar-refractivity contribution in [2.24, 2.45) is 17.8 Å². The number of hydrogen-bond donors (Lipinski definition) is 1. The van der Waals surface area contributed by atoms with Crippen molar-refractivity contribution in [3.05, 3.63) is 0 Å². The van der Waals surface area contributed by atoms with E-state index in [0.717, 1.165) is 6.54 Å². The molecule has 3 atom stereocenters. The van der Waals surface area contributed by atoms with Gasteiger partial charge in [0.25, 0.3) is 0 Å². The van der Waals surface area contributed by atoms with E-state index in [0.29, 0.717) is 29.8 Å². The minimum absolute atomic E-state index is 0.00922. The van der Waals surface area contributed by atoms with Gasteiger partial charge in [-0.15, -0.1) is 0 Å². The normalized spacial score (nSPS) is 31.6. The van der Waals surface area contributed by atoms with Crippen LogP contribution in [-0.2, 0) is 4.79 Å². The van der Waals surface area contributed by atoms with E-state index in [1.807, 2.05) is 6.92 Å². The lowest BCUT2D eigenvalue weighted by Gasteiger charge is -2.32. The van der Waals surface area contributed by atoms with E-state index in [9.17, 15) is 4.79 Å². The van der Waals surface area contributed by atoms with E-state index in [-0.39, 0.29) is 6.04 Å². The Bertz CT molecular complexity index is 297. The van der Waals surface area contributed by atoms with Gasteiger partial charge in [0.05, 0.1) is 12.2 Å². The van der Waals surface area contributed by atoms with Crippen LogP contribution in [0, 0.1) is 17.8 Å². The second-order valence-corrected chi connectivity index (χ2v) is 6.59.